The molecular formula is C18H26N4O4S3. The summed E-state index contributed by atoms with van der Waals surface area (Å²) in [7, 11) is -3.68. The standard InChI is InChI=1S/C18H26N4O4S3/c1-12(2)11-27-18-21-20-17(28-18)19-16(23)10-22(29(5,24)25)14-7-6-8-15(9-14)26-13(3)4/h6-9,12-13H,10-11H2,1-5H3,(H,19,20,23). The molecule has 0 saturated carbocycles. The Bertz CT molecular complexity index is 929. The highest BCUT2D eigenvalue weighted by Crippen LogP contribution is 2.27. The first kappa shape index (κ1) is 23.4. The zero-order valence-corrected chi connectivity index (χ0v) is 19.5. The quantitative estimate of drug-likeness (QED) is 0.430. The van der Waals surface area contributed by atoms with E-state index in [4.69, 9.17) is 4.74 Å². The number of carbonyl (C=O) groups excluding carboxylic acids is 1. The number of aromatic nitrogens is 2. The monoisotopic (exact) mass is 458 g/mol. The van der Waals surface area contributed by atoms with Crippen molar-refractivity contribution in [3.05, 3.63) is 24.3 Å². The lowest BCUT2D eigenvalue weighted by Crippen LogP contribution is -2.37. The minimum atomic E-state index is -3.68. The lowest BCUT2D eigenvalue weighted by Gasteiger charge is -2.22. The first-order valence-corrected chi connectivity index (χ1v) is 12.7. The summed E-state index contributed by atoms with van der Waals surface area (Å²) in [5, 5.41) is 10.9. The SMILES string of the molecule is CC(C)CSc1nnc(NC(=O)CN(c2cccc(OC(C)C)c2)S(C)(=O)=O)s1. The molecule has 0 bridgehead atoms. The maximum Gasteiger partial charge on any atom is 0.246 e. The lowest BCUT2D eigenvalue weighted by molar-refractivity contribution is -0.114. The Labute approximate surface area is 180 Å². The molecule has 29 heavy (non-hydrogen) atoms. The van der Waals surface area contributed by atoms with Crippen LogP contribution in [0, 0.1) is 5.92 Å². The summed E-state index contributed by atoms with van der Waals surface area (Å²) in [6.07, 6.45) is 1.00. The van der Waals surface area contributed by atoms with Crippen LogP contribution in [0.5, 0.6) is 5.75 Å². The van der Waals surface area contributed by atoms with E-state index in [0.29, 0.717) is 22.5 Å². The van der Waals surface area contributed by atoms with E-state index in [1.165, 1.54) is 11.3 Å². The molecule has 8 nitrogen and oxygen atoms in total. The third kappa shape index (κ3) is 7.82. The minimum absolute atomic E-state index is 0.0552. The van der Waals surface area contributed by atoms with Gasteiger partial charge in [-0.1, -0.05) is 43.0 Å². The number of thioether (sulfide) groups is 1. The Balaban J connectivity index is 2.10. The maximum atomic E-state index is 12.5. The Morgan fingerprint density at radius 3 is 2.62 bits per heavy atom. The number of rotatable bonds is 10. The molecule has 0 saturated heterocycles. The van der Waals surface area contributed by atoms with Gasteiger partial charge in [-0.3, -0.25) is 14.4 Å². The second kappa shape index (κ2) is 10.3. The van der Waals surface area contributed by atoms with Gasteiger partial charge in [0, 0.05) is 11.8 Å². The van der Waals surface area contributed by atoms with Gasteiger partial charge < -0.3 is 4.74 Å². The van der Waals surface area contributed by atoms with Crippen molar-refractivity contribution in [1.29, 1.82) is 0 Å². The Morgan fingerprint density at radius 2 is 2.00 bits per heavy atom. The van der Waals surface area contributed by atoms with E-state index in [2.05, 4.69) is 29.4 Å². The van der Waals surface area contributed by atoms with E-state index in [0.717, 1.165) is 20.7 Å². The lowest BCUT2D eigenvalue weighted by atomic mass is 10.3. The van der Waals surface area contributed by atoms with Crippen molar-refractivity contribution in [2.75, 3.05) is 28.2 Å². The van der Waals surface area contributed by atoms with E-state index in [-0.39, 0.29) is 12.6 Å². The van der Waals surface area contributed by atoms with Crippen molar-refractivity contribution in [3.8, 4) is 5.75 Å². The van der Waals surface area contributed by atoms with E-state index in [1.54, 1.807) is 36.0 Å². The first-order chi connectivity index (χ1) is 13.5. The Morgan fingerprint density at radius 1 is 1.28 bits per heavy atom. The molecule has 1 aromatic carbocycles. The fourth-order valence-corrected chi connectivity index (χ4v) is 4.82. The zero-order valence-electron chi connectivity index (χ0n) is 17.1. The van der Waals surface area contributed by atoms with E-state index in [9.17, 15) is 13.2 Å². The zero-order chi connectivity index (χ0) is 21.6. The van der Waals surface area contributed by atoms with Crippen molar-refractivity contribution in [1.82, 2.24) is 10.2 Å². The van der Waals surface area contributed by atoms with Gasteiger partial charge in [-0.25, -0.2) is 8.42 Å². The molecule has 1 amide bonds. The van der Waals surface area contributed by atoms with Crippen LogP contribution in [0.3, 0.4) is 0 Å². The van der Waals surface area contributed by atoms with Crippen LogP contribution in [0.1, 0.15) is 27.7 Å². The van der Waals surface area contributed by atoms with Gasteiger partial charge in [0.15, 0.2) is 4.34 Å². The van der Waals surface area contributed by atoms with Crippen molar-refractivity contribution in [3.63, 3.8) is 0 Å². The summed E-state index contributed by atoms with van der Waals surface area (Å²) in [6, 6.07) is 6.64. The molecule has 0 aliphatic carbocycles. The summed E-state index contributed by atoms with van der Waals surface area (Å²) in [5.74, 6) is 1.45. The van der Waals surface area contributed by atoms with Crippen LogP contribution in [0.2, 0.25) is 0 Å². The van der Waals surface area contributed by atoms with Crippen LogP contribution in [0.15, 0.2) is 28.6 Å². The van der Waals surface area contributed by atoms with Crippen LogP contribution in [-0.4, -0.2) is 49.2 Å². The Hall–Kier alpha value is -1.85. The highest BCUT2D eigenvalue weighted by molar-refractivity contribution is 8.01. The number of hydrogen-bond donors (Lipinski definition) is 1. The summed E-state index contributed by atoms with van der Waals surface area (Å²) in [6.45, 7) is 7.60. The third-order valence-electron chi connectivity index (χ3n) is 3.36. The number of benzene rings is 1. The van der Waals surface area contributed by atoms with Crippen molar-refractivity contribution >= 4 is 49.8 Å². The Kier molecular flexibility index (Phi) is 8.29. The van der Waals surface area contributed by atoms with Crippen LogP contribution in [0.25, 0.3) is 0 Å². The van der Waals surface area contributed by atoms with Gasteiger partial charge in [-0.2, -0.15) is 0 Å². The number of nitrogens with zero attached hydrogens (tertiary/aromatic N) is 3. The van der Waals surface area contributed by atoms with Gasteiger partial charge in [0.05, 0.1) is 18.0 Å². The molecule has 160 valence electrons. The molecule has 0 aliphatic rings. The van der Waals surface area contributed by atoms with Gasteiger partial charge >= 0.3 is 0 Å². The van der Waals surface area contributed by atoms with E-state index in [1.807, 2.05) is 13.8 Å². The van der Waals surface area contributed by atoms with Crippen LogP contribution < -0.4 is 14.4 Å². The molecule has 1 N–H and O–H groups in total. The average Bonchev–Trinajstić information content (AvgIpc) is 3.04. The molecule has 0 aliphatic heterocycles. The fraction of sp³-hybridized carbons (Fsp3) is 0.500. The fourth-order valence-electron chi connectivity index (χ4n) is 2.23. The molecule has 1 heterocycles. The van der Waals surface area contributed by atoms with Gasteiger partial charge in [0.2, 0.25) is 21.1 Å². The number of ether oxygens (including phenoxy) is 1. The van der Waals surface area contributed by atoms with Gasteiger partial charge in [0.1, 0.15) is 12.3 Å². The number of sulfonamides is 1. The molecule has 11 heteroatoms. The van der Waals surface area contributed by atoms with Gasteiger partial charge in [-0.05, 0) is 31.9 Å². The van der Waals surface area contributed by atoms with Crippen LogP contribution >= 0.6 is 23.1 Å². The average molecular weight is 459 g/mol. The molecular weight excluding hydrogens is 432 g/mol. The van der Waals surface area contributed by atoms with Crippen molar-refractivity contribution in [2.24, 2.45) is 5.92 Å². The summed E-state index contributed by atoms with van der Waals surface area (Å²) in [4.78, 5) is 12.5. The number of carbonyl (C=O) groups is 1. The number of anilines is 2. The molecule has 1 aromatic heterocycles. The van der Waals surface area contributed by atoms with Crippen molar-refractivity contribution < 1.29 is 17.9 Å². The molecule has 0 radical (unpaired) electrons. The molecule has 0 atom stereocenters. The van der Waals surface area contributed by atoms with E-state index >= 15 is 0 Å². The first-order valence-electron chi connectivity index (χ1n) is 9.05. The molecule has 0 unspecified atom stereocenters. The normalized spacial score (nSPS) is 11.7. The highest BCUT2D eigenvalue weighted by atomic mass is 32.2. The number of amides is 1. The molecule has 0 fully saturated rings. The second-order valence-electron chi connectivity index (χ2n) is 7.06. The van der Waals surface area contributed by atoms with Crippen molar-refractivity contribution in [2.45, 2.75) is 38.1 Å². The summed E-state index contributed by atoms with van der Waals surface area (Å²) < 4.78 is 32.0. The van der Waals surface area contributed by atoms with Crippen LogP contribution in [-0.2, 0) is 14.8 Å². The topological polar surface area (TPSA) is 101 Å². The number of hydrogen-bond acceptors (Lipinski definition) is 8. The van der Waals surface area contributed by atoms with Crippen LogP contribution in [0.4, 0.5) is 10.8 Å². The second-order valence-corrected chi connectivity index (χ2v) is 11.2. The molecule has 2 rings (SSSR count). The van der Waals surface area contributed by atoms with Gasteiger partial charge in [-0.15, -0.1) is 10.2 Å². The summed E-state index contributed by atoms with van der Waals surface area (Å²) in [5.41, 5.74) is 0.353. The largest absolute Gasteiger partial charge is 0.491 e. The third-order valence-corrected chi connectivity index (χ3v) is 6.90. The smallest absolute Gasteiger partial charge is 0.246 e. The summed E-state index contributed by atoms with van der Waals surface area (Å²) >= 11 is 2.83. The van der Waals surface area contributed by atoms with E-state index < -0.39 is 15.9 Å². The van der Waals surface area contributed by atoms with Gasteiger partial charge in [0.25, 0.3) is 0 Å². The predicted octanol–water partition coefficient (Wildman–Crippen LogP) is 3.48. The minimum Gasteiger partial charge on any atom is -0.491 e. The number of nitrogens with one attached hydrogen (secondary N) is 1. The molecule has 2 aromatic rings. The molecule has 0 spiro atoms. The highest BCUT2D eigenvalue weighted by Gasteiger charge is 2.22. The maximum absolute atomic E-state index is 12.5. The predicted molar refractivity (Wildman–Crippen MR) is 118 cm³/mol.